The topological polar surface area (TPSA) is 29.5 Å². The molecule has 0 aliphatic carbocycles. The maximum Gasteiger partial charge on any atom is 0.124 e. The first-order valence-corrected chi connectivity index (χ1v) is 9.21. The molecule has 0 radical (unpaired) electrons. The van der Waals surface area contributed by atoms with Crippen LogP contribution < -0.4 is 4.74 Å². The van der Waals surface area contributed by atoms with Crippen LogP contribution in [0, 0.1) is 13.8 Å². The van der Waals surface area contributed by atoms with Crippen molar-refractivity contribution in [1.29, 1.82) is 0 Å². The van der Waals surface area contributed by atoms with E-state index in [1.807, 2.05) is 6.07 Å². The Morgan fingerprint density at radius 3 is 2.15 bits per heavy atom. The molecule has 2 heteroatoms. The van der Waals surface area contributed by atoms with E-state index in [1.54, 1.807) is 0 Å². The van der Waals surface area contributed by atoms with Crippen LogP contribution in [0.25, 0.3) is 11.1 Å². The molecule has 2 nitrogen and oxygen atoms in total. The first kappa shape index (κ1) is 16.9. The fraction of sp³-hybridized carbons (Fsp3) is 0.250. The van der Waals surface area contributed by atoms with Gasteiger partial charge >= 0.3 is 0 Å². The molecule has 1 N–H and O–H groups in total. The second-order valence-electron chi connectivity index (χ2n) is 7.14. The predicted molar refractivity (Wildman–Crippen MR) is 106 cm³/mol. The first-order chi connectivity index (χ1) is 12.7. The lowest BCUT2D eigenvalue weighted by molar-refractivity contribution is 0.164. The monoisotopic (exact) mass is 344 g/mol. The Kier molecular flexibility index (Phi) is 4.52. The van der Waals surface area contributed by atoms with Crippen LogP contribution in [0.4, 0.5) is 0 Å². The summed E-state index contributed by atoms with van der Waals surface area (Å²) in [6, 6.07) is 23.6. The van der Waals surface area contributed by atoms with E-state index in [1.165, 1.54) is 33.4 Å². The highest BCUT2D eigenvalue weighted by molar-refractivity contribution is 5.73. The zero-order chi connectivity index (χ0) is 18.1. The van der Waals surface area contributed by atoms with E-state index in [4.69, 9.17) is 4.74 Å². The molecule has 0 saturated heterocycles. The first-order valence-electron chi connectivity index (χ1n) is 9.21. The van der Waals surface area contributed by atoms with Gasteiger partial charge in [-0.3, -0.25) is 0 Å². The number of benzene rings is 3. The predicted octanol–water partition coefficient (Wildman–Crippen LogP) is 5.25. The number of ether oxygens (including phenoxy) is 1. The summed E-state index contributed by atoms with van der Waals surface area (Å²) in [6.07, 6.45) is 0.588. The Hall–Kier alpha value is -2.58. The average molecular weight is 344 g/mol. The Labute approximate surface area is 155 Å². The third-order valence-electron chi connectivity index (χ3n) is 5.24. The molecule has 2 unspecified atom stereocenters. The summed E-state index contributed by atoms with van der Waals surface area (Å²) >= 11 is 0. The van der Waals surface area contributed by atoms with E-state index >= 15 is 0 Å². The van der Waals surface area contributed by atoms with Gasteiger partial charge in [-0.1, -0.05) is 71.8 Å². The minimum absolute atomic E-state index is 0.0377. The Morgan fingerprint density at radius 1 is 0.846 bits per heavy atom. The van der Waals surface area contributed by atoms with Crippen molar-refractivity contribution in [3.63, 3.8) is 0 Å². The molecule has 3 aromatic rings. The molecule has 0 saturated carbocycles. The van der Waals surface area contributed by atoms with Crippen LogP contribution in [0.1, 0.15) is 34.6 Å². The Balaban J connectivity index is 1.86. The average Bonchev–Trinajstić information content (AvgIpc) is 3.02. The molecular weight excluding hydrogens is 320 g/mol. The summed E-state index contributed by atoms with van der Waals surface area (Å²) < 4.78 is 6.27. The van der Waals surface area contributed by atoms with Gasteiger partial charge in [-0.25, -0.2) is 0 Å². The Bertz CT molecular complexity index is 894. The quantitative estimate of drug-likeness (QED) is 0.701. The highest BCUT2D eigenvalue weighted by Gasteiger charge is 2.37. The van der Waals surface area contributed by atoms with Gasteiger partial charge in [0.25, 0.3) is 0 Å². The number of fused-ring (bicyclic) bond motifs is 1. The van der Waals surface area contributed by atoms with Gasteiger partial charge < -0.3 is 9.84 Å². The van der Waals surface area contributed by atoms with Crippen molar-refractivity contribution >= 4 is 0 Å². The molecule has 2 atom stereocenters. The van der Waals surface area contributed by atoms with E-state index < -0.39 is 0 Å². The molecule has 0 aromatic heterocycles. The summed E-state index contributed by atoms with van der Waals surface area (Å²) in [5.41, 5.74) is 7.40. The van der Waals surface area contributed by atoms with Gasteiger partial charge in [-0.05, 0) is 36.6 Å². The van der Waals surface area contributed by atoms with Gasteiger partial charge in [0.1, 0.15) is 11.9 Å². The zero-order valence-corrected chi connectivity index (χ0v) is 15.3. The lowest BCUT2D eigenvalue weighted by Gasteiger charge is -2.20. The van der Waals surface area contributed by atoms with Gasteiger partial charge in [0.15, 0.2) is 0 Å². The molecule has 1 heterocycles. The number of rotatable bonds is 4. The van der Waals surface area contributed by atoms with Gasteiger partial charge in [0.2, 0.25) is 0 Å². The largest absolute Gasteiger partial charge is 0.489 e. The van der Waals surface area contributed by atoms with Gasteiger partial charge in [0, 0.05) is 18.6 Å². The van der Waals surface area contributed by atoms with Crippen LogP contribution in [0.3, 0.4) is 0 Å². The number of hydrogen-bond acceptors (Lipinski definition) is 2. The lowest BCUT2D eigenvalue weighted by atomic mass is 9.82. The molecule has 1 aliphatic rings. The van der Waals surface area contributed by atoms with Crippen LogP contribution in [0.15, 0.2) is 66.7 Å². The molecule has 0 fully saturated rings. The zero-order valence-electron chi connectivity index (χ0n) is 15.3. The summed E-state index contributed by atoms with van der Waals surface area (Å²) in [5, 5.41) is 9.55. The number of aryl methyl sites for hydroxylation is 2. The molecule has 4 rings (SSSR count). The SMILES string of the molecule is Cc1ccc(-c2cccc3c2C(c2ccc(C)cc2)C(CCO)O3)cc1. The van der Waals surface area contributed by atoms with Crippen molar-refractivity contribution in [3.05, 3.63) is 89.0 Å². The molecule has 0 amide bonds. The highest BCUT2D eigenvalue weighted by atomic mass is 16.5. The van der Waals surface area contributed by atoms with Crippen molar-refractivity contribution in [1.82, 2.24) is 0 Å². The molecular formula is C24H24O2. The van der Waals surface area contributed by atoms with E-state index in [0.29, 0.717) is 6.42 Å². The van der Waals surface area contributed by atoms with Crippen molar-refractivity contribution in [3.8, 4) is 16.9 Å². The number of aliphatic hydroxyl groups excluding tert-OH is 1. The van der Waals surface area contributed by atoms with Crippen molar-refractivity contribution in [2.45, 2.75) is 32.3 Å². The molecule has 26 heavy (non-hydrogen) atoms. The highest BCUT2D eigenvalue weighted by Crippen LogP contribution is 2.48. The summed E-state index contributed by atoms with van der Waals surface area (Å²) in [7, 11) is 0. The smallest absolute Gasteiger partial charge is 0.124 e. The molecule has 1 aliphatic heterocycles. The van der Waals surface area contributed by atoms with Gasteiger partial charge in [-0.15, -0.1) is 0 Å². The fourth-order valence-corrected chi connectivity index (χ4v) is 3.88. The maximum atomic E-state index is 9.55. The minimum atomic E-state index is -0.0377. The molecule has 132 valence electrons. The molecule has 0 spiro atoms. The maximum absolute atomic E-state index is 9.55. The van der Waals surface area contributed by atoms with E-state index in [0.717, 1.165) is 5.75 Å². The van der Waals surface area contributed by atoms with Crippen molar-refractivity contribution < 1.29 is 9.84 Å². The summed E-state index contributed by atoms with van der Waals surface area (Å²) in [4.78, 5) is 0. The van der Waals surface area contributed by atoms with Gasteiger partial charge in [-0.2, -0.15) is 0 Å². The van der Waals surface area contributed by atoms with Crippen molar-refractivity contribution in [2.24, 2.45) is 0 Å². The van der Waals surface area contributed by atoms with Crippen LogP contribution in [-0.2, 0) is 0 Å². The lowest BCUT2D eigenvalue weighted by Crippen LogP contribution is -2.21. The summed E-state index contributed by atoms with van der Waals surface area (Å²) in [6.45, 7) is 4.33. The van der Waals surface area contributed by atoms with Crippen LogP contribution in [0.5, 0.6) is 5.75 Å². The van der Waals surface area contributed by atoms with Crippen molar-refractivity contribution in [2.75, 3.05) is 6.61 Å². The summed E-state index contributed by atoms with van der Waals surface area (Å²) in [5.74, 6) is 1.07. The third kappa shape index (κ3) is 3.02. The Morgan fingerprint density at radius 2 is 1.50 bits per heavy atom. The number of aliphatic hydroxyl groups is 1. The van der Waals surface area contributed by atoms with E-state index in [2.05, 4.69) is 74.5 Å². The molecule has 0 bridgehead atoms. The van der Waals surface area contributed by atoms with Crippen LogP contribution in [0.2, 0.25) is 0 Å². The minimum Gasteiger partial charge on any atom is -0.489 e. The second kappa shape index (κ2) is 6.97. The normalized spacial score (nSPS) is 18.4. The fourth-order valence-electron chi connectivity index (χ4n) is 3.88. The second-order valence-corrected chi connectivity index (χ2v) is 7.14. The number of hydrogen-bond donors (Lipinski definition) is 1. The van der Waals surface area contributed by atoms with Crippen LogP contribution in [-0.4, -0.2) is 17.8 Å². The third-order valence-corrected chi connectivity index (χ3v) is 5.24. The standard InChI is InChI=1S/C24H24O2/c1-16-6-10-18(11-7-16)20-4-3-5-21-24(20)23(22(26-21)14-15-25)19-12-8-17(2)9-13-19/h3-13,22-23,25H,14-15H2,1-2H3. The van der Waals surface area contributed by atoms with Gasteiger partial charge in [0.05, 0.1) is 5.92 Å². The van der Waals surface area contributed by atoms with E-state index in [9.17, 15) is 5.11 Å². The van der Waals surface area contributed by atoms with E-state index in [-0.39, 0.29) is 18.6 Å². The van der Waals surface area contributed by atoms with Crippen LogP contribution >= 0.6 is 0 Å². The molecule has 3 aromatic carbocycles.